The zero-order chi connectivity index (χ0) is 59.5. The lowest BCUT2D eigenvalue weighted by Crippen LogP contribution is -2.30. The van der Waals surface area contributed by atoms with Gasteiger partial charge in [-0.05, 0) is 182 Å². The number of nitrogens with zero attached hydrogens (tertiary/aromatic N) is 4. The first-order chi connectivity index (χ1) is 40.9. The molecule has 1 heterocycles. The van der Waals surface area contributed by atoms with Crippen LogP contribution in [0.5, 0.6) is 34.5 Å². The molecule has 444 valence electrons. The van der Waals surface area contributed by atoms with Crippen LogP contribution in [0.4, 0.5) is 5.13 Å². The molecule has 2 aliphatic carbocycles. The lowest BCUT2D eigenvalue weighted by atomic mass is 9.82. The van der Waals surface area contributed by atoms with E-state index in [1.54, 1.807) is 71.7 Å². The number of hydrogen-bond acceptors (Lipinski definition) is 18. The number of benzene rings is 4. The van der Waals surface area contributed by atoms with Crippen LogP contribution < -0.4 is 33.4 Å². The molecule has 2 fully saturated rings. The number of carbonyl (C=O) groups excluding carboxylic acids is 6. The standard InChI is InChI=1S/C65H74N4O14S/c1-5-59(70)78-39-15-9-7-13-37-76-51-27-31-53(32-28-51)80-61(72)46-19-21-48(22-20-46)63(74)82-55-35-36-57(50(41-55)43-67-69(44-45(3)42-66-4)65-68-56-17-11-12-18-58(56)84-65)83-64(75)49-25-23-47(24-26-49)62(73)81-54-33-29-52(30-34-54)77-38-14-8-10-16-40-79-60(71)6-2/h5-6,11-12,17-18,27-36,41,43,45-49H,1-2,7-10,13-16,19-26,37-40,42,44H2,3H3/b67-43-. The molecule has 5 aromatic rings. The zero-order valence-corrected chi connectivity index (χ0v) is 48.5. The van der Waals surface area contributed by atoms with E-state index in [4.69, 9.17) is 54.6 Å². The van der Waals surface area contributed by atoms with Crippen molar-refractivity contribution in [2.24, 2.45) is 34.7 Å². The van der Waals surface area contributed by atoms with Crippen molar-refractivity contribution in [3.63, 3.8) is 0 Å². The molecule has 84 heavy (non-hydrogen) atoms. The van der Waals surface area contributed by atoms with E-state index in [0.29, 0.717) is 118 Å². The van der Waals surface area contributed by atoms with Gasteiger partial charge in [-0.2, -0.15) is 5.10 Å². The summed E-state index contributed by atoms with van der Waals surface area (Å²) in [4.78, 5) is 85.0. The summed E-state index contributed by atoms with van der Waals surface area (Å²) in [7, 11) is 0. The van der Waals surface area contributed by atoms with Crippen molar-refractivity contribution in [2.45, 2.75) is 110 Å². The predicted octanol–water partition coefficient (Wildman–Crippen LogP) is 12.7. The monoisotopic (exact) mass is 1170 g/mol. The molecule has 4 aromatic carbocycles. The van der Waals surface area contributed by atoms with E-state index >= 15 is 0 Å². The van der Waals surface area contributed by atoms with Crippen molar-refractivity contribution < 1.29 is 66.7 Å². The number of carbonyl (C=O) groups is 6. The fraction of sp³-hybridized carbons (Fsp3) is 0.431. The van der Waals surface area contributed by atoms with Gasteiger partial charge < -0.3 is 42.7 Å². The highest BCUT2D eigenvalue weighted by Crippen LogP contribution is 2.36. The van der Waals surface area contributed by atoms with E-state index in [1.165, 1.54) is 17.6 Å². The van der Waals surface area contributed by atoms with Gasteiger partial charge in [-0.1, -0.05) is 43.6 Å². The molecule has 18 nitrogen and oxygen atoms in total. The highest BCUT2D eigenvalue weighted by molar-refractivity contribution is 7.22. The van der Waals surface area contributed by atoms with Gasteiger partial charge in [-0.3, -0.25) is 19.2 Å². The Kier molecular flexibility index (Phi) is 25.3. The average molecular weight is 1170 g/mol. The average Bonchev–Trinajstić information content (AvgIpc) is 4.19. The first-order valence-corrected chi connectivity index (χ1v) is 29.7. The number of para-hydroxylation sites is 1. The SMILES string of the molecule is [C-]#[N+]CC(C)CN(/N=C\c1cc(OC(=O)C2CCC(C(=O)Oc3ccc(OCCCCCCOC(=O)C=C)cc3)CC2)ccc1OC(=O)C1CCC(C(=O)Oc2ccc(OCCCCCCOC(=O)C=C)cc2)CC1)c1nc2ccccc2s1. The van der Waals surface area contributed by atoms with Crippen LogP contribution in [-0.4, -0.2) is 86.5 Å². The highest BCUT2D eigenvalue weighted by Gasteiger charge is 2.34. The minimum Gasteiger partial charge on any atom is -0.494 e. The molecule has 0 bridgehead atoms. The van der Waals surface area contributed by atoms with Gasteiger partial charge in [0, 0.05) is 23.6 Å². The van der Waals surface area contributed by atoms with E-state index in [0.717, 1.165) is 73.7 Å². The molecule has 7 rings (SSSR count). The molecule has 0 amide bonds. The number of thiazole rings is 1. The van der Waals surface area contributed by atoms with Gasteiger partial charge >= 0.3 is 35.8 Å². The maximum atomic E-state index is 13.9. The lowest BCUT2D eigenvalue weighted by Gasteiger charge is -2.26. The Labute approximate surface area is 494 Å². The van der Waals surface area contributed by atoms with Crippen LogP contribution >= 0.6 is 11.3 Å². The van der Waals surface area contributed by atoms with Crippen molar-refractivity contribution in [1.82, 2.24) is 4.98 Å². The van der Waals surface area contributed by atoms with Crippen LogP contribution in [0.15, 0.2) is 121 Å². The normalized spacial score (nSPS) is 17.0. The van der Waals surface area contributed by atoms with Crippen molar-refractivity contribution in [3.05, 3.63) is 133 Å². The van der Waals surface area contributed by atoms with Gasteiger partial charge in [0.2, 0.25) is 11.7 Å². The van der Waals surface area contributed by atoms with Crippen LogP contribution in [0, 0.1) is 36.2 Å². The minimum absolute atomic E-state index is 0.0723. The van der Waals surface area contributed by atoms with E-state index < -0.39 is 47.5 Å². The molecule has 0 N–H and O–H groups in total. The Balaban J connectivity index is 0.916. The summed E-state index contributed by atoms with van der Waals surface area (Å²) < 4.78 is 46.2. The van der Waals surface area contributed by atoms with Gasteiger partial charge in [-0.25, -0.2) is 26.2 Å². The van der Waals surface area contributed by atoms with Gasteiger partial charge in [0.1, 0.15) is 34.5 Å². The topological polar surface area (TPSA) is 209 Å². The summed E-state index contributed by atoms with van der Waals surface area (Å²) in [6.07, 6.45) is 14.1. The third-order valence-electron chi connectivity index (χ3n) is 14.4. The van der Waals surface area contributed by atoms with Gasteiger partial charge in [0.25, 0.3) is 0 Å². The first-order valence-electron chi connectivity index (χ1n) is 28.9. The zero-order valence-electron chi connectivity index (χ0n) is 47.7. The summed E-state index contributed by atoms with van der Waals surface area (Å²) >= 11 is 1.46. The second-order valence-electron chi connectivity index (χ2n) is 20.9. The van der Waals surface area contributed by atoms with Gasteiger partial charge in [-0.15, -0.1) is 0 Å². The molecule has 1 unspecified atom stereocenters. The minimum atomic E-state index is -0.495. The smallest absolute Gasteiger partial charge is 0.330 e. The van der Waals surface area contributed by atoms with E-state index in [1.807, 2.05) is 31.2 Å². The van der Waals surface area contributed by atoms with Crippen LogP contribution in [0.2, 0.25) is 0 Å². The molecule has 2 aliphatic rings. The highest BCUT2D eigenvalue weighted by atomic mass is 32.1. The molecule has 19 heteroatoms. The predicted molar refractivity (Wildman–Crippen MR) is 318 cm³/mol. The summed E-state index contributed by atoms with van der Waals surface area (Å²) in [5.74, 6) is -1.82. The quantitative estimate of drug-likeness (QED) is 0.00745. The number of fused-ring (bicyclic) bond motifs is 1. The Hall–Kier alpha value is -8.37. The summed E-state index contributed by atoms with van der Waals surface area (Å²) in [5.41, 5.74) is 1.16. The number of rotatable bonds is 32. The second-order valence-corrected chi connectivity index (χ2v) is 21.9. The number of ether oxygens (including phenoxy) is 8. The second kappa shape index (κ2) is 33.7. The van der Waals surface area contributed by atoms with Crippen LogP contribution in [-0.2, 0) is 38.2 Å². The molecule has 0 saturated heterocycles. The number of unbranched alkanes of at least 4 members (excludes halogenated alkanes) is 6. The molecular weight excluding hydrogens is 1090 g/mol. The molecule has 2 saturated carbocycles. The number of aromatic nitrogens is 1. The Morgan fingerprint density at radius 3 is 1.49 bits per heavy atom. The summed E-state index contributed by atoms with van der Waals surface area (Å²) in [5, 5.41) is 7.19. The lowest BCUT2D eigenvalue weighted by molar-refractivity contribution is -0.145. The van der Waals surface area contributed by atoms with Crippen LogP contribution in [0.1, 0.15) is 115 Å². The third kappa shape index (κ3) is 20.5. The molecule has 0 aliphatic heterocycles. The summed E-state index contributed by atoms with van der Waals surface area (Å²) in [6.45, 7) is 18.6. The first kappa shape index (κ1) is 63.2. The van der Waals surface area contributed by atoms with Gasteiger partial charge in [0.05, 0.1) is 73.1 Å². The third-order valence-corrected chi connectivity index (χ3v) is 15.5. The van der Waals surface area contributed by atoms with E-state index in [-0.39, 0.29) is 35.9 Å². The molecule has 1 aromatic heterocycles. The van der Waals surface area contributed by atoms with Crippen LogP contribution in [0.3, 0.4) is 0 Å². The van der Waals surface area contributed by atoms with E-state index in [9.17, 15) is 28.8 Å². The number of hydrazone groups is 1. The fourth-order valence-corrected chi connectivity index (χ4v) is 10.6. The molecular formula is C65H74N4O14S. The molecule has 0 spiro atoms. The van der Waals surface area contributed by atoms with E-state index in [2.05, 4.69) is 18.0 Å². The number of hydrogen-bond donors (Lipinski definition) is 0. The molecule has 1 atom stereocenters. The van der Waals surface area contributed by atoms with Crippen molar-refractivity contribution >= 4 is 68.7 Å². The Bertz CT molecular complexity index is 3030. The largest absolute Gasteiger partial charge is 0.494 e. The fourth-order valence-electron chi connectivity index (χ4n) is 9.66. The van der Waals surface area contributed by atoms with Gasteiger partial charge in [0.15, 0.2) is 0 Å². The van der Waals surface area contributed by atoms with Crippen molar-refractivity contribution in [2.75, 3.05) is 44.5 Å². The number of esters is 6. The molecule has 0 radical (unpaired) electrons. The maximum Gasteiger partial charge on any atom is 0.330 e. The van der Waals surface area contributed by atoms with Crippen molar-refractivity contribution in [3.8, 4) is 34.5 Å². The summed E-state index contributed by atoms with van der Waals surface area (Å²) in [6, 6.07) is 26.3. The van der Waals surface area contributed by atoms with Crippen molar-refractivity contribution in [1.29, 1.82) is 0 Å². The Morgan fingerprint density at radius 2 is 1.02 bits per heavy atom. The number of anilines is 1. The Morgan fingerprint density at radius 1 is 0.595 bits per heavy atom. The maximum absolute atomic E-state index is 13.9. The van der Waals surface area contributed by atoms with Crippen LogP contribution in [0.25, 0.3) is 15.1 Å².